The van der Waals surface area contributed by atoms with Gasteiger partial charge in [-0.05, 0) is 63.8 Å². The third-order valence-electron chi connectivity index (χ3n) is 5.25. The van der Waals surface area contributed by atoms with Gasteiger partial charge in [0.2, 0.25) is 12.7 Å². The molecule has 0 aliphatic heterocycles. The fourth-order valence-corrected chi connectivity index (χ4v) is 7.41. The third-order valence-corrected chi connectivity index (χ3v) is 8.40. The molecule has 0 aliphatic rings. The number of benzene rings is 3. The highest BCUT2D eigenvalue weighted by molar-refractivity contribution is 7.93. The molecule has 0 heterocycles. The van der Waals surface area contributed by atoms with Crippen LogP contribution in [0.5, 0.6) is 0 Å². The van der Waals surface area contributed by atoms with Crippen molar-refractivity contribution in [2.45, 2.75) is 41.5 Å². The van der Waals surface area contributed by atoms with Crippen molar-refractivity contribution in [3.63, 3.8) is 0 Å². The molecule has 1 unspecified atom stereocenters. The first kappa shape index (κ1) is 20.3. The Hall–Kier alpha value is -2.44. The number of hydrogen-bond acceptors (Lipinski definition) is 2. The lowest BCUT2D eigenvalue weighted by Crippen LogP contribution is -2.27. The molecule has 0 amide bonds. The summed E-state index contributed by atoms with van der Waals surface area (Å²) in [6.07, 6.45) is 0. The monoisotopic (exact) mass is 390 g/mol. The van der Waals surface area contributed by atoms with Crippen LogP contribution in [-0.2, 0) is 4.57 Å². The van der Waals surface area contributed by atoms with E-state index in [4.69, 9.17) is 0 Å². The van der Waals surface area contributed by atoms with E-state index in [9.17, 15) is 9.36 Å². The molecule has 0 aliphatic carbocycles. The minimum absolute atomic E-state index is 0.274. The van der Waals surface area contributed by atoms with Gasteiger partial charge in [-0.25, -0.2) is 0 Å². The Kier molecular flexibility index (Phi) is 5.46. The first-order valence-corrected chi connectivity index (χ1v) is 11.2. The normalized spacial score (nSPS) is 13.2. The molecule has 144 valence electrons. The Balaban J connectivity index is 2.38. The van der Waals surface area contributed by atoms with Crippen LogP contribution in [0.15, 0.2) is 54.6 Å². The number of hydrogen-bond donors (Lipinski definition) is 0. The molecule has 0 bridgehead atoms. The summed E-state index contributed by atoms with van der Waals surface area (Å²) in [5, 5.41) is 1.27. The van der Waals surface area contributed by atoms with Crippen LogP contribution >= 0.6 is 7.14 Å². The van der Waals surface area contributed by atoms with Gasteiger partial charge in [0.25, 0.3) is 0 Å². The molecule has 0 saturated carbocycles. The number of carbonyl (C=O) groups is 1. The van der Waals surface area contributed by atoms with E-state index in [-0.39, 0.29) is 5.52 Å². The summed E-state index contributed by atoms with van der Waals surface area (Å²) in [7, 11) is -3.54. The molecule has 0 aromatic heterocycles. The molecular weight excluding hydrogens is 363 g/mol. The van der Waals surface area contributed by atoms with E-state index in [1.54, 1.807) is 0 Å². The van der Waals surface area contributed by atoms with Crippen LogP contribution in [0.2, 0.25) is 0 Å². The largest absolute Gasteiger partial charge is 0.305 e. The predicted molar refractivity (Wildman–Crippen MR) is 119 cm³/mol. The first-order valence-electron chi connectivity index (χ1n) is 9.53. The van der Waals surface area contributed by atoms with Crippen LogP contribution in [0.1, 0.15) is 43.7 Å². The Morgan fingerprint density at radius 3 is 1.57 bits per heavy atom. The van der Waals surface area contributed by atoms with Gasteiger partial charge in [0.05, 0.1) is 0 Å². The van der Waals surface area contributed by atoms with Gasteiger partial charge in [0, 0.05) is 16.2 Å². The Labute approximate surface area is 168 Å². The first-order chi connectivity index (χ1) is 13.2. The summed E-state index contributed by atoms with van der Waals surface area (Å²) in [6, 6.07) is 17.2. The van der Waals surface area contributed by atoms with Gasteiger partial charge < -0.3 is 4.57 Å². The summed E-state index contributed by atoms with van der Waals surface area (Å²) < 4.78 is 14.7. The quantitative estimate of drug-likeness (QED) is 0.536. The average molecular weight is 390 g/mol. The minimum Gasteiger partial charge on any atom is -0.305 e. The zero-order valence-electron chi connectivity index (χ0n) is 17.5. The van der Waals surface area contributed by atoms with Crippen LogP contribution in [0.3, 0.4) is 0 Å². The van der Waals surface area contributed by atoms with Gasteiger partial charge in [0.1, 0.15) is 0 Å². The fraction of sp³-hybridized carbons (Fsp3) is 0.240. The van der Waals surface area contributed by atoms with E-state index < -0.39 is 7.14 Å². The average Bonchev–Trinajstić information content (AvgIpc) is 2.60. The fourth-order valence-electron chi connectivity index (χ4n) is 4.33. The highest BCUT2D eigenvalue weighted by atomic mass is 31.2. The summed E-state index contributed by atoms with van der Waals surface area (Å²) in [5.74, 6) is 0. The van der Waals surface area contributed by atoms with Gasteiger partial charge >= 0.3 is 0 Å². The summed E-state index contributed by atoms with van der Waals surface area (Å²) in [6.45, 7) is 11.8. The molecule has 3 aromatic carbocycles. The van der Waals surface area contributed by atoms with Gasteiger partial charge in [-0.2, -0.15) is 0 Å². The maximum Gasteiger partial charge on any atom is 0.230 e. The maximum absolute atomic E-state index is 14.7. The molecular formula is C25H27O2P. The highest BCUT2D eigenvalue weighted by Gasteiger charge is 2.40. The lowest BCUT2D eigenvalue weighted by Gasteiger charge is -2.24. The molecule has 1 atom stereocenters. The van der Waals surface area contributed by atoms with Gasteiger partial charge in [-0.15, -0.1) is 0 Å². The Morgan fingerprint density at radius 2 is 1.11 bits per heavy atom. The molecule has 0 spiro atoms. The Morgan fingerprint density at radius 1 is 0.679 bits per heavy atom. The number of aryl methyl sites for hydroxylation is 6. The third kappa shape index (κ3) is 3.38. The zero-order chi connectivity index (χ0) is 20.6. The van der Waals surface area contributed by atoms with Crippen LogP contribution in [0, 0.1) is 41.5 Å². The molecule has 3 rings (SSSR count). The van der Waals surface area contributed by atoms with Crippen LogP contribution in [0.25, 0.3) is 0 Å². The summed E-state index contributed by atoms with van der Waals surface area (Å²) in [4.78, 5) is 13.9. The molecule has 3 heteroatoms. The second-order valence-electron chi connectivity index (χ2n) is 7.77. The number of carbonyl (C=O) groups excluding carboxylic acids is 1. The molecule has 0 radical (unpaired) electrons. The summed E-state index contributed by atoms with van der Waals surface area (Å²) in [5.41, 5.74) is 6.07. The lowest BCUT2D eigenvalue weighted by atomic mass is 10.0. The topological polar surface area (TPSA) is 34.1 Å². The lowest BCUT2D eigenvalue weighted by molar-refractivity contribution is 0.107. The van der Waals surface area contributed by atoms with E-state index in [0.29, 0.717) is 16.2 Å². The number of rotatable bonds is 4. The molecule has 28 heavy (non-hydrogen) atoms. The van der Waals surface area contributed by atoms with Crippen molar-refractivity contribution in [2.75, 3.05) is 0 Å². The van der Waals surface area contributed by atoms with Gasteiger partial charge in [0.15, 0.2) is 0 Å². The van der Waals surface area contributed by atoms with E-state index >= 15 is 0 Å². The summed E-state index contributed by atoms with van der Waals surface area (Å²) >= 11 is 0. The van der Waals surface area contributed by atoms with Crippen molar-refractivity contribution in [1.82, 2.24) is 0 Å². The van der Waals surface area contributed by atoms with E-state index in [1.807, 2.05) is 96.1 Å². The molecule has 2 nitrogen and oxygen atoms in total. The smallest absolute Gasteiger partial charge is 0.230 e. The van der Waals surface area contributed by atoms with Gasteiger partial charge in [-0.3, -0.25) is 4.79 Å². The minimum atomic E-state index is -3.54. The molecule has 0 fully saturated rings. The van der Waals surface area contributed by atoms with Crippen LogP contribution < -0.4 is 10.6 Å². The molecule has 0 N–H and O–H groups in total. The SMILES string of the molecule is Cc1cc(C)c(C(=O)P(=O)(c2ccccc2)c2c(C)cc(C)cc2C)c(C)c1. The maximum atomic E-state index is 14.7. The van der Waals surface area contributed by atoms with E-state index in [0.717, 1.165) is 33.4 Å². The van der Waals surface area contributed by atoms with E-state index in [2.05, 4.69) is 0 Å². The standard InChI is InChI=1S/C25H27O2P/c1-16-12-18(3)23(19(4)13-16)25(26)28(27,22-10-8-7-9-11-22)24-20(5)14-17(2)15-21(24)6/h7-15H,1-6H3. The van der Waals surface area contributed by atoms with Crippen molar-refractivity contribution in [3.05, 3.63) is 93.5 Å². The zero-order valence-corrected chi connectivity index (χ0v) is 18.4. The molecule has 0 saturated heterocycles. The van der Waals surface area contributed by atoms with Crippen LogP contribution in [0.4, 0.5) is 0 Å². The molecule has 3 aromatic rings. The predicted octanol–water partition coefficient (Wildman–Crippen LogP) is 5.69. The van der Waals surface area contributed by atoms with Crippen molar-refractivity contribution in [2.24, 2.45) is 0 Å². The Bertz CT molecular complexity index is 1060. The highest BCUT2D eigenvalue weighted by Crippen LogP contribution is 2.49. The van der Waals surface area contributed by atoms with Gasteiger partial charge in [-0.1, -0.05) is 65.7 Å². The van der Waals surface area contributed by atoms with Crippen molar-refractivity contribution >= 4 is 23.3 Å². The van der Waals surface area contributed by atoms with Crippen LogP contribution in [-0.4, -0.2) is 5.52 Å². The van der Waals surface area contributed by atoms with Crippen molar-refractivity contribution in [1.29, 1.82) is 0 Å². The second-order valence-corrected chi connectivity index (χ2v) is 10.4. The van der Waals surface area contributed by atoms with Crippen molar-refractivity contribution in [3.8, 4) is 0 Å². The second kappa shape index (κ2) is 7.53. The van der Waals surface area contributed by atoms with E-state index in [1.165, 1.54) is 0 Å². The van der Waals surface area contributed by atoms with Crippen molar-refractivity contribution < 1.29 is 9.36 Å².